The second-order valence-corrected chi connectivity index (χ2v) is 5.42. The van der Waals surface area contributed by atoms with Gasteiger partial charge in [0.2, 0.25) is 0 Å². The molecule has 3 rings (SSSR count). The Morgan fingerprint density at radius 1 is 1.23 bits per heavy atom. The third-order valence-electron chi connectivity index (χ3n) is 4.21. The molecule has 22 heavy (non-hydrogen) atoms. The van der Waals surface area contributed by atoms with E-state index in [4.69, 9.17) is 4.74 Å². The van der Waals surface area contributed by atoms with Gasteiger partial charge in [-0.2, -0.15) is 5.26 Å². The Morgan fingerprint density at radius 2 is 2.05 bits per heavy atom. The fourth-order valence-corrected chi connectivity index (χ4v) is 3.12. The lowest BCUT2D eigenvalue weighted by Crippen LogP contribution is -2.20. The minimum absolute atomic E-state index is 0.128. The van der Waals surface area contributed by atoms with E-state index in [2.05, 4.69) is 11.0 Å². The fourth-order valence-electron chi connectivity index (χ4n) is 3.12. The summed E-state index contributed by atoms with van der Waals surface area (Å²) in [4.78, 5) is 2.08. The Labute approximate surface area is 129 Å². The van der Waals surface area contributed by atoms with E-state index in [-0.39, 0.29) is 5.56 Å². The van der Waals surface area contributed by atoms with Crippen LogP contribution < -0.4 is 9.64 Å². The van der Waals surface area contributed by atoms with Gasteiger partial charge in [-0.3, -0.25) is 0 Å². The molecule has 2 aromatic rings. The third kappa shape index (κ3) is 2.50. The number of benzene rings is 2. The first-order chi connectivity index (χ1) is 10.7. The van der Waals surface area contributed by atoms with Crippen LogP contribution in [0, 0.1) is 17.1 Å². The highest BCUT2D eigenvalue weighted by molar-refractivity contribution is 5.61. The number of anilines is 1. The average Bonchev–Trinajstić information content (AvgIpc) is 3.04. The summed E-state index contributed by atoms with van der Waals surface area (Å²) in [6.45, 7) is 1.57. The number of halogens is 1. The average molecular weight is 296 g/mol. The highest BCUT2D eigenvalue weighted by Gasteiger charge is 2.28. The van der Waals surface area contributed by atoms with Gasteiger partial charge in [0.1, 0.15) is 23.2 Å². The molecule has 1 aliphatic rings. The summed E-state index contributed by atoms with van der Waals surface area (Å²) in [7, 11) is 1.67. The number of para-hydroxylation sites is 1. The van der Waals surface area contributed by atoms with E-state index >= 15 is 0 Å². The van der Waals surface area contributed by atoms with E-state index in [0.717, 1.165) is 25.3 Å². The smallest absolute Gasteiger partial charge is 0.143 e. The predicted molar refractivity (Wildman–Crippen MR) is 83.7 cm³/mol. The molecule has 2 aromatic carbocycles. The minimum atomic E-state index is -0.458. The van der Waals surface area contributed by atoms with E-state index in [0.29, 0.717) is 11.6 Å². The number of hydrogen-bond acceptors (Lipinski definition) is 3. The number of nitrogens with zero attached hydrogens (tertiary/aromatic N) is 2. The van der Waals surface area contributed by atoms with E-state index in [1.165, 1.54) is 11.6 Å². The Morgan fingerprint density at radius 3 is 2.82 bits per heavy atom. The molecule has 1 aliphatic heterocycles. The van der Waals surface area contributed by atoms with Crippen LogP contribution in [0.4, 0.5) is 10.1 Å². The molecule has 0 radical (unpaired) electrons. The van der Waals surface area contributed by atoms with Crippen molar-refractivity contribution >= 4 is 5.69 Å². The molecule has 1 unspecified atom stereocenters. The molecule has 0 amide bonds. The maximum atomic E-state index is 13.8. The van der Waals surface area contributed by atoms with E-state index in [1.54, 1.807) is 13.2 Å². The van der Waals surface area contributed by atoms with Crippen molar-refractivity contribution in [2.24, 2.45) is 0 Å². The first-order valence-electron chi connectivity index (χ1n) is 7.31. The van der Waals surface area contributed by atoms with Crippen molar-refractivity contribution in [1.82, 2.24) is 0 Å². The molecule has 0 saturated carbocycles. The van der Waals surface area contributed by atoms with Crippen LogP contribution in [-0.4, -0.2) is 20.2 Å². The summed E-state index contributed by atoms with van der Waals surface area (Å²) in [5.74, 6) is 0.751. The lowest BCUT2D eigenvalue weighted by molar-refractivity contribution is 0.406. The van der Waals surface area contributed by atoms with Gasteiger partial charge in [0.15, 0.2) is 0 Å². The lowest BCUT2D eigenvalue weighted by Gasteiger charge is -2.21. The van der Waals surface area contributed by atoms with Gasteiger partial charge in [-0.1, -0.05) is 24.3 Å². The SMILES string of the molecule is COc1ccccc1C1CCN(c2cccc(F)c2C#N)C1. The van der Waals surface area contributed by atoms with E-state index < -0.39 is 5.82 Å². The molecule has 1 saturated heterocycles. The molecule has 3 nitrogen and oxygen atoms in total. The summed E-state index contributed by atoms with van der Waals surface area (Å²) < 4.78 is 19.2. The Balaban J connectivity index is 1.87. The molecular weight excluding hydrogens is 279 g/mol. The lowest BCUT2D eigenvalue weighted by atomic mass is 9.97. The van der Waals surface area contributed by atoms with Crippen LogP contribution in [-0.2, 0) is 0 Å². The molecule has 0 aliphatic carbocycles. The van der Waals surface area contributed by atoms with Crippen molar-refractivity contribution in [1.29, 1.82) is 5.26 Å². The minimum Gasteiger partial charge on any atom is -0.496 e. The van der Waals surface area contributed by atoms with Gasteiger partial charge in [0.25, 0.3) is 0 Å². The van der Waals surface area contributed by atoms with Crippen LogP contribution in [0.5, 0.6) is 5.75 Å². The van der Waals surface area contributed by atoms with Gasteiger partial charge in [0, 0.05) is 19.0 Å². The maximum absolute atomic E-state index is 13.8. The summed E-state index contributed by atoms with van der Waals surface area (Å²) in [6.07, 6.45) is 0.960. The molecule has 0 spiro atoms. The second-order valence-electron chi connectivity index (χ2n) is 5.42. The zero-order chi connectivity index (χ0) is 15.5. The normalized spacial score (nSPS) is 17.3. The molecule has 112 valence electrons. The van der Waals surface area contributed by atoms with Crippen LogP contribution in [0.3, 0.4) is 0 Å². The van der Waals surface area contributed by atoms with Crippen LogP contribution >= 0.6 is 0 Å². The number of ether oxygens (including phenoxy) is 1. The van der Waals surface area contributed by atoms with Crippen molar-refractivity contribution in [2.75, 3.05) is 25.1 Å². The first-order valence-corrected chi connectivity index (χ1v) is 7.31. The van der Waals surface area contributed by atoms with Gasteiger partial charge in [-0.15, -0.1) is 0 Å². The van der Waals surface area contributed by atoms with Gasteiger partial charge in [0.05, 0.1) is 12.8 Å². The second kappa shape index (κ2) is 6.07. The standard InChI is InChI=1S/C18H17FN2O/c1-22-18-8-3-2-5-14(18)13-9-10-21(12-13)17-7-4-6-16(19)15(17)11-20/h2-8,13H,9-10,12H2,1H3. The zero-order valence-electron chi connectivity index (χ0n) is 12.4. The molecular formula is C18H17FN2O. The van der Waals surface area contributed by atoms with Crippen molar-refractivity contribution < 1.29 is 9.13 Å². The predicted octanol–water partition coefficient (Wildman–Crippen LogP) is 3.70. The van der Waals surface area contributed by atoms with E-state index in [1.807, 2.05) is 30.3 Å². The zero-order valence-corrected chi connectivity index (χ0v) is 12.4. The third-order valence-corrected chi connectivity index (χ3v) is 4.21. The summed E-state index contributed by atoms with van der Waals surface area (Å²) >= 11 is 0. The van der Waals surface area contributed by atoms with Gasteiger partial charge in [-0.05, 0) is 30.2 Å². The highest BCUT2D eigenvalue weighted by Crippen LogP contribution is 2.36. The monoisotopic (exact) mass is 296 g/mol. The number of nitriles is 1. The summed E-state index contributed by atoms with van der Waals surface area (Å²) in [5.41, 5.74) is 1.98. The van der Waals surface area contributed by atoms with Crippen molar-refractivity contribution in [2.45, 2.75) is 12.3 Å². The molecule has 0 aromatic heterocycles. The van der Waals surface area contributed by atoms with Crippen LogP contribution in [0.25, 0.3) is 0 Å². The first kappa shape index (κ1) is 14.4. The maximum Gasteiger partial charge on any atom is 0.143 e. The summed E-state index contributed by atoms with van der Waals surface area (Å²) in [6, 6.07) is 14.8. The molecule has 1 fully saturated rings. The molecule has 1 atom stereocenters. The molecule has 0 bridgehead atoms. The van der Waals surface area contributed by atoms with Crippen molar-refractivity contribution in [3.8, 4) is 11.8 Å². The fraction of sp³-hybridized carbons (Fsp3) is 0.278. The largest absolute Gasteiger partial charge is 0.496 e. The summed E-state index contributed by atoms with van der Waals surface area (Å²) in [5, 5.41) is 9.19. The van der Waals surface area contributed by atoms with Crippen LogP contribution in [0.15, 0.2) is 42.5 Å². The molecule has 0 N–H and O–H groups in total. The highest BCUT2D eigenvalue weighted by atomic mass is 19.1. The Bertz CT molecular complexity index is 723. The Kier molecular flexibility index (Phi) is 3.97. The van der Waals surface area contributed by atoms with Crippen LogP contribution in [0.1, 0.15) is 23.5 Å². The van der Waals surface area contributed by atoms with Crippen molar-refractivity contribution in [3.05, 3.63) is 59.4 Å². The van der Waals surface area contributed by atoms with Gasteiger partial charge < -0.3 is 9.64 Å². The number of rotatable bonds is 3. The molecule has 1 heterocycles. The quantitative estimate of drug-likeness (QED) is 0.866. The van der Waals surface area contributed by atoms with Gasteiger partial charge in [-0.25, -0.2) is 4.39 Å². The number of hydrogen-bond donors (Lipinski definition) is 0. The number of methoxy groups -OCH3 is 1. The Hall–Kier alpha value is -2.54. The van der Waals surface area contributed by atoms with E-state index in [9.17, 15) is 9.65 Å². The topological polar surface area (TPSA) is 36.3 Å². The van der Waals surface area contributed by atoms with Gasteiger partial charge >= 0.3 is 0 Å². The van der Waals surface area contributed by atoms with Crippen molar-refractivity contribution in [3.63, 3.8) is 0 Å². The molecule has 4 heteroatoms. The van der Waals surface area contributed by atoms with Crippen LogP contribution in [0.2, 0.25) is 0 Å².